The summed E-state index contributed by atoms with van der Waals surface area (Å²) in [5.41, 5.74) is 0.330. The van der Waals surface area contributed by atoms with E-state index in [0.29, 0.717) is 0 Å². The molecule has 0 fully saturated rings. The lowest BCUT2D eigenvalue weighted by Gasteiger charge is -2.19. The van der Waals surface area contributed by atoms with Crippen molar-refractivity contribution in [3.8, 4) is 5.75 Å². The number of carbonyl (C=O) groups excluding carboxylic acids is 1. The highest BCUT2D eigenvalue weighted by Crippen LogP contribution is 2.25. The van der Waals surface area contributed by atoms with Crippen LogP contribution in [0, 0.1) is 5.41 Å². The number of rotatable bonds is 4. The Morgan fingerprint density at radius 1 is 1.29 bits per heavy atom. The number of Topliss-reactive ketones (excluding diaryl/α,β-unsaturated/α-hetero) is 1. The highest BCUT2D eigenvalue weighted by molar-refractivity contribution is 5.84. The summed E-state index contributed by atoms with van der Waals surface area (Å²) >= 11 is 0. The van der Waals surface area contributed by atoms with Crippen LogP contribution in [0.2, 0.25) is 0 Å². The fourth-order valence-corrected chi connectivity index (χ4v) is 1.43. The number of hydrogen-bond donors (Lipinski definition) is 1. The standard InChI is InChI=1S/C14H20O3/c1-14(2,3)13(16)9-12(15)10-5-7-11(17-4)8-6-10/h5-8,12,15H,9H2,1-4H3. The van der Waals surface area contributed by atoms with E-state index in [0.717, 1.165) is 11.3 Å². The minimum Gasteiger partial charge on any atom is -0.497 e. The molecule has 0 aliphatic carbocycles. The molecule has 1 atom stereocenters. The van der Waals surface area contributed by atoms with E-state index in [2.05, 4.69) is 0 Å². The molecule has 1 rings (SSSR count). The van der Waals surface area contributed by atoms with Gasteiger partial charge in [0.1, 0.15) is 11.5 Å². The first-order valence-corrected chi connectivity index (χ1v) is 5.70. The maximum Gasteiger partial charge on any atom is 0.141 e. The highest BCUT2D eigenvalue weighted by Gasteiger charge is 2.24. The van der Waals surface area contributed by atoms with Gasteiger partial charge >= 0.3 is 0 Å². The molecule has 3 heteroatoms. The van der Waals surface area contributed by atoms with Gasteiger partial charge in [-0.1, -0.05) is 32.9 Å². The summed E-state index contributed by atoms with van der Waals surface area (Å²) in [6, 6.07) is 7.11. The fraction of sp³-hybridized carbons (Fsp3) is 0.500. The van der Waals surface area contributed by atoms with Crippen molar-refractivity contribution < 1.29 is 14.6 Å². The first-order chi connectivity index (χ1) is 7.84. The van der Waals surface area contributed by atoms with Crippen molar-refractivity contribution in [3.05, 3.63) is 29.8 Å². The molecule has 0 saturated heterocycles. The van der Waals surface area contributed by atoms with E-state index in [-0.39, 0.29) is 12.2 Å². The van der Waals surface area contributed by atoms with Gasteiger partial charge in [-0.25, -0.2) is 0 Å². The molecule has 0 aromatic heterocycles. The van der Waals surface area contributed by atoms with Crippen LogP contribution >= 0.6 is 0 Å². The van der Waals surface area contributed by atoms with Gasteiger partial charge in [0.15, 0.2) is 0 Å². The lowest BCUT2D eigenvalue weighted by Crippen LogP contribution is -2.22. The molecule has 3 nitrogen and oxygen atoms in total. The number of benzene rings is 1. The van der Waals surface area contributed by atoms with Gasteiger partial charge in [0.05, 0.1) is 13.2 Å². The summed E-state index contributed by atoms with van der Waals surface area (Å²) in [6.07, 6.45) is -0.594. The van der Waals surface area contributed by atoms with Gasteiger partial charge in [-0.15, -0.1) is 0 Å². The van der Waals surface area contributed by atoms with Crippen molar-refractivity contribution in [1.29, 1.82) is 0 Å². The third-order valence-corrected chi connectivity index (χ3v) is 2.72. The molecule has 0 amide bonds. The Morgan fingerprint density at radius 2 is 1.82 bits per heavy atom. The molecule has 1 aromatic carbocycles. The first kappa shape index (κ1) is 13.7. The average molecular weight is 236 g/mol. The van der Waals surface area contributed by atoms with Gasteiger partial charge in [0.2, 0.25) is 0 Å². The molecule has 94 valence electrons. The average Bonchev–Trinajstić information content (AvgIpc) is 2.27. The smallest absolute Gasteiger partial charge is 0.141 e. The second-order valence-electron chi connectivity index (χ2n) is 5.17. The molecule has 0 bridgehead atoms. The Bertz CT molecular complexity index is 373. The lowest BCUT2D eigenvalue weighted by atomic mass is 9.86. The first-order valence-electron chi connectivity index (χ1n) is 5.70. The zero-order valence-corrected chi connectivity index (χ0v) is 10.9. The van der Waals surface area contributed by atoms with Gasteiger partial charge in [-0.3, -0.25) is 4.79 Å². The Morgan fingerprint density at radius 3 is 2.24 bits per heavy atom. The summed E-state index contributed by atoms with van der Waals surface area (Å²) in [5.74, 6) is 0.795. The van der Waals surface area contributed by atoms with E-state index in [4.69, 9.17) is 4.74 Å². The molecule has 17 heavy (non-hydrogen) atoms. The van der Waals surface area contributed by atoms with Crippen LogP contribution in [-0.2, 0) is 4.79 Å². The Hall–Kier alpha value is -1.35. The fourth-order valence-electron chi connectivity index (χ4n) is 1.43. The van der Waals surface area contributed by atoms with Crippen LogP contribution in [-0.4, -0.2) is 18.0 Å². The zero-order valence-electron chi connectivity index (χ0n) is 10.9. The van der Waals surface area contributed by atoms with Crippen LogP contribution in [0.3, 0.4) is 0 Å². The number of methoxy groups -OCH3 is 1. The molecule has 0 heterocycles. The zero-order chi connectivity index (χ0) is 13.1. The van der Waals surface area contributed by atoms with Gasteiger partial charge in [-0.2, -0.15) is 0 Å². The summed E-state index contributed by atoms with van der Waals surface area (Å²) < 4.78 is 5.04. The summed E-state index contributed by atoms with van der Waals surface area (Å²) in [7, 11) is 1.59. The van der Waals surface area contributed by atoms with Crippen LogP contribution in [0.1, 0.15) is 38.9 Å². The molecule has 0 spiro atoms. The van der Waals surface area contributed by atoms with Gasteiger partial charge < -0.3 is 9.84 Å². The van der Waals surface area contributed by atoms with E-state index in [1.165, 1.54) is 0 Å². The summed E-state index contributed by atoms with van der Waals surface area (Å²) in [5, 5.41) is 9.96. The van der Waals surface area contributed by atoms with Crippen LogP contribution in [0.25, 0.3) is 0 Å². The van der Waals surface area contributed by atoms with E-state index < -0.39 is 11.5 Å². The maximum absolute atomic E-state index is 11.8. The molecule has 0 aliphatic rings. The number of hydrogen-bond acceptors (Lipinski definition) is 3. The summed E-state index contributed by atoms with van der Waals surface area (Å²) in [6.45, 7) is 5.57. The van der Waals surface area contributed by atoms with Crippen molar-refractivity contribution >= 4 is 5.78 Å². The van der Waals surface area contributed by atoms with Crippen LogP contribution in [0.5, 0.6) is 5.75 Å². The minimum atomic E-state index is -0.743. The SMILES string of the molecule is COc1ccc(C(O)CC(=O)C(C)(C)C)cc1. The molecular formula is C14H20O3. The van der Waals surface area contributed by atoms with Crippen LogP contribution in [0.15, 0.2) is 24.3 Å². The minimum absolute atomic E-state index is 0.0563. The van der Waals surface area contributed by atoms with Crippen molar-refractivity contribution in [1.82, 2.24) is 0 Å². The van der Waals surface area contributed by atoms with Gasteiger partial charge in [0.25, 0.3) is 0 Å². The molecule has 0 saturated carbocycles. The molecule has 1 unspecified atom stereocenters. The molecule has 0 aliphatic heterocycles. The molecule has 0 radical (unpaired) electrons. The lowest BCUT2D eigenvalue weighted by molar-refractivity contribution is -0.128. The molecule has 1 N–H and O–H groups in total. The van der Waals surface area contributed by atoms with Crippen molar-refractivity contribution in [3.63, 3.8) is 0 Å². The Balaban J connectivity index is 2.70. The number of aliphatic hydroxyl groups is 1. The van der Waals surface area contributed by atoms with E-state index in [1.807, 2.05) is 20.8 Å². The Kier molecular flexibility index (Phi) is 4.29. The normalized spacial score (nSPS) is 13.2. The van der Waals surface area contributed by atoms with Crippen molar-refractivity contribution in [2.24, 2.45) is 5.41 Å². The number of ketones is 1. The Labute approximate surface area is 102 Å². The van der Waals surface area contributed by atoms with Crippen molar-refractivity contribution in [2.45, 2.75) is 33.3 Å². The summed E-state index contributed by atoms with van der Waals surface area (Å²) in [4.78, 5) is 11.8. The topological polar surface area (TPSA) is 46.5 Å². The third-order valence-electron chi connectivity index (χ3n) is 2.72. The third kappa shape index (κ3) is 3.86. The predicted octanol–water partition coefficient (Wildman–Crippen LogP) is 2.73. The number of ether oxygens (including phenoxy) is 1. The van der Waals surface area contributed by atoms with Crippen molar-refractivity contribution in [2.75, 3.05) is 7.11 Å². The van der Waals surface area contributed by atoms with E-state index >= 15 is 0 Å². The van der Waals surface area contributed by atoms with Crippen LogP contribution in [0.4, 0.5) is 0 Å². The molecular weight excluding hydrogens is 216 g/mol. The quantitative estimate of drug-likeness (QED) is 0.874. The highest BCUT2D eigenvalue weighted by atomic mass is 16.5. The maximum atomic E-state index is 11.8. The van der Waals surface area contributed by atoms with E-state index in [1.54, 1.807) is 31.4 Å². The number of carbonyl (C=O) groups is 1. The predicted molar refractivity (Wildman–Crippen MR) is 67.0 cm³/mol. The largest absolute Gasteiger partial charge is 0.497 e. The van der Waals surface area contributed by atoms with Gasteiger partial charge in [-0.05, 0) is 17.7 Å². The molecule has 1 aromatic rings. The van der Waals surface area contributed by atoms with E-state index in [9.17, 15) is 9.90 Å². The number of aliphatic hydroxyl groups excluding tert-OH is 1. The second-order valence-corrected chi connectivity index (χ2v) is 5.17. The van der Waals surface area contributed by atoms with Crippen LogP contribution < -0.4 is 4.74 Å². The monoisotopic (exact) mass is 236 g/mol. The van der Waals surface area contributed by atoms with Gasteiger partial charge in [0, 0.05) is 11.8 Å². The second kappa shape index (κ2) is 5.32.